The minimum atomic E-state index is -0.613. The van der Waals surface area contributed by atoms with Crippen molar-refractivity contribution in [2.75, 3.05) is 111 Å². The molecular formula is C54H64FN11O6. The van der Waals surface area contributed by atoms with Crippen LogP contribution in [0.1, 0.15) is 80.4 Å². The second-order valence-electron chi connectivity index (χ2n) is 20.1. The number of H-pyrrole nitrogens is 1. The minimum absolute atomic E-state index is 0.0251. The van der Waals surface area contributed by atoms with Crippen LogP contribution >= 0.6 is 0 Å². The second kappa shape index (κ2) is 22.5. The van der Waals surface area contributed by atoms with Crippen LogP contribution in [-0.2, 0) is 33.8 Å². The zero-order valence-corrected chi connectivity index (χ0v) is 40.9. The van der Waals surface area contributed by atoms with E-state index in [4.69, 9.17) is 4.74 Å². The van der Waals surface area contributed by atoms with E-state index in [1.807, 2.05) is 40.3 Å². The van der Waals surface area contributed by atoms with E-state index in [-0.39, 0.29) is 54.5 Å². The molecule has 378 valence electrons. The van der Waals surface area contributed by atoms with Gasteiger partial charge in [0.15, 0.2) is 0 Å². The van der Waals surface area contributed by atoms with Crippen molar-refractivity contribution in [2.24, 2.45) is 5.92 Å². The fourth-order valence-corrected chi connectivity index (χ4v) is 11.2. The topological polar surface area (TPSA) is 172 Å². The van der Waals surface area contributed by atoms with Crippen molar-refractivity contribution in [3.8, 4) is 0 Å². The van der Waals surface area contributed by atoms with E-state index in [1.54, 1.807) is 40.4 Å². The number of carbonyl (C=O) groups excluding carboxylic acids is 4. The molecule has 0 aliphatic carbocycles. The number of carbonyl (C=O) groups is 4. The molecule has 5 aromatic rings. The molecule has 0 saturated carbocycles. The van der Waals surface area contributed by atoms with Crippen LogP contribution in [0.3, 0.4) is 0 Å². The van der Waals surface area contributed by atoms with Crippen LogP contribution in [0, 0.1) is 11.7 Å². The molecule has 5 aliphatic heterocycles. The summed E-state index contributed by atoms with van der Waals surface area (Å²) in [7, 11) is 0. The lowest BCUT2D eigenvalue weighted by molar-refractivity contribution is -0.137. The van der Waals surface area contributed by atoms with Gasteiger partial charge < -0.3 is 29.2 Å². The number of piperidine rings is 2. The second-order valence-corrected chi connectivity index (χ2v) is 20.1. The highest BCUT2D eigenvalue weighted by Gasteiger charge is 2.31. The summed E-state index contributed by atoms with van der Waals surface area (Å²) in [5.74, 6) is -0.146. The molecule has 7 heterocycles. The Morgan fingerprint density at radius 3 is 2.29 bits per heavy atom. The van der Waals surface area contributed by atoms with E-state index in [1.165, 1.54) is 6.07 Å². The van der Waals surface area contributed by atoms with Crippen molar-refractivity contribution in [3.05, 3.63) is 135 Å². The number of hydrogen-bond donors (Lipinski definition) is 1. The molecule has 1 N–H and O–H groups in total. The number of amides is 4. The number of nitrogens with zero attached hydrogens (tertiary/aromatic N) is 10. The Hall–Kier alpha value is -6.47. The van der Waals surface area contributed by atoms with E-state index in [9.17, 15) is 24.0 Å². The molecule has 4 amide bonds. The lowest BCUT2D eigenvalue weighted by atomic mass is 9.89. The molecule has 2 aromatic heterocycles. The summed E-state index contributed by atoms with van der Waals surface area (Å²) in [6.07, 6.45) is 7.84. The van der Waals surface area contributed by atoms with Gasteiger partial charge in [-0.3, -0.25) is 33.8 Å². The lowest BCUT2D eigenvalue weighted by Gasteiger charge is -2.39. The summed E-state index contributed by atoms with van der Waals surface area (Å²) >= 11 is 0. The number of rotatable bonds is 14. The molecule has 72 heavy (non-hydrogen) atoms. The van der Waals surface area contributed by atoms with Gasteiger partial charge in [-0.25, -0.2) is 19.5 Å². The number of ether oxygens (including phenoxy) is 1. The highest BCUT2D eigenvalue weighted by Crippen LogP contribution is 2.29. The maximum absolute atomic E-state index is 15.0. The molecule has 17 nitrogen and oxygen atoms in total. The lowest BCUT2D eigenvalue weighted by Crippen LogP contribution is -2.51. The third kappa shape index (κ3) is 11.6. The maximum Gasteiger partial charge on any atom is 0.272 e. The van der Waals surface area contributed by atoms with Crippen LogP contribution in [0.25, 0.3) is 10.8 Å². The maximum atomic E-state index is 15.0. The van der Waals surface area contributed by atoms with Crippen molar-refractivity contribution in [2.45, 2.75) is 51.1 Å². The Labute approximate surface area is 418 Å². The smallest absolute Gasteiger partial charge is 0.272 e. The number of fused-ring (bicyclic) bond motifs is 2. The summed E-state index contributed by atoms with van der Waals surface area (Å²) in [4.78, 5) is 88.8. The fourth-order valence-electron chi connectivity index (χ4n) is 11.2. The van der Waals surface area contributed by atoms with Crippen molar-refractivity contribution in [1.82, 2.24) is 54.5 Å². The largest absolute Gasteiger partial charge is 0.370 e. The van der Waals surface area contributed by atoms with Crippen molar-refractivity contribution < 1.29 is 28.3 Å². The Kier molecular flexibility index (Phi) is 15.4. The summed E-state index contributed by atoms with van der Waals surface area (Å²) in [6.45, 7) is 11.7. The monoisotopic (exact) mass is 982 g/mol. The SMILES string of the molecule is O=C(COCCN1CCC(CN2CCN(C(=O)c3cccc(C4CCCN(C(=O)CN5Cc6cncnc6C5)C4)c3)CC2)CC1)N1CCN(C(=O)c2cc(Cc3n[nH]c(=O)c4ccccc34)ccc2F)CC1. The number of hydrogen-bond acceptors (Lipinski definition) is 12. The fraction of sp³-hybridized carbons (Fsp3) is 0.481. The van der Waals surface area contributed by atoms with Crippen LogP contribution in [-0.4, -0.2) is 189 Å². The van der Waals surface area contributed by atoms with Gasteiger partial charge in [-0.2, -0.15) is 5.10 Å². The molecule has 1 atom stereocenters. The van der Waals surface area contributed by atoms with Gasteiger partial charge in [0.1, 0.15) is 18.8 Å². The Bertz CT molecular complexity index is 2800. The zero-order valence-electron chi connectivity index (χ0n) is 40.9. The zero-order chi connectivity index (χ0) is 49.6. The molecule has 1 unspecified atom stereocenters. The summed E-state index contributed by atoms with van der Waals surface area (Å²) in [5, 5.41) is 7.97. The number of halogens is 1. The van der Waals surface area contributed by atoms with E-state index < -0.39 is 11.7 Å². The number of aromatic nitrogens is 4. The predicted octanol–water partition coefficient (Wildman–Crippen LogP) is 3.64. The van der Waals surface area contributed by atoms with E-state index >= 15 is 4.39 Å². The van der Waals surface area contributed by atoms with Crippen molar-refractivity contribution in [1.29, 1.82) is 0 Å². The molecule has 4 fully saturated rings. The molecule has 3 aromatic carbocycles. The minimum Gasteiger partial charge on any atom is -0.370 e. The summed E-state index contributed by atoms with van der Waals surface area (Å²) < 4.78 is 20.9. The van der Waals surface area contributed by atoms with Crippen LogP contribution in [0.5, 0.6) is 0 Å². The molecule has 10 rings (SSSR count). The molecular weight excluding hydrogens is 918 g/mol. The number of piperazine rings is 2. The molecule has 18 heteroatoms. The first-order chi connectivity index (χ1) is 35.1. The molecule has 0 bridgehead atoms. The third-order valence-corrected chi connectivity index (χ3v) is 15.4. The first-order valence-corrected chi connectivity index (χ1v) is 25.6. The van der Waals surface area contributed by atoms with Crippen molar-refractivity contribution in [3.63, 3.8) is 0 Å². The van der Waals surface area contributed by atoms with E-state index in [0.29, 0.717) is 93.3 Å². The molecule has 0 spiro atoms. The van der Waals surface area contributed by atoms with Gasteiger partial charge in [0.25, 0.3) is 17.4 Å². The quantitative estimate of drug-likeness (QED) is 0.161. The third-order valence-electron chi connectivity index (χ3n) is 15.4. The van der Waals surface area contributed by atoms with E-state index in [2.05, 4.69) is 47.0 Å². The first kappa shape index (κ1) is 49.1. The molecule has 0 radical (unpaired) electrons. The van der Waals surface area contributed by atoms with Crippen LogP contribution < -0.4 is 5.56 Å². The molecule has 5 aliphatic rings. The highest BCUT2D eigenvalue weighted by atomic mass is 19.1. The standard InChI is InChI=1S/C54H64FN11O6/c55-47-11-10-39(28-48-44-8-1-2-9-45(44)52(69)59-58-48)27-46(47)54(71)65-23-21-63(22-24-65)51(68)36-72-26-25-60-15-12-38(13-16-60)31-61-17-19-64(20-18-61)53(70)41-6-3-5-40(29-41)42-7-4-14-66(33-42)50(67)35-62-32-43-30-56-37-57-49(43)34-62/h1-3,5-6,8-11,27,29-30,37-38,42H,4,7,12-26,28,31-36H2,(H,59,69). The van der Waals surface area contributed by atoms with Gasteiger partial charge >= 0.3 is 0 Å². The van der Waals surface area contributed by atoms with Gasteiger partial charge in [0, 0.05) is 127 Å². The first-order valence-electron chi connectivity index (χ1n) is 25.6. The van der Waals surface area contributed by atoms with Gasteiger partial charge in [-0.05, 0) is 86.1 Å². The van der Waals surface area contributed by atoms with Gasteiger partial charge in [0.2, 0.25) is 11.8 Å². The highest BCUT2D eigenvalue weighted by molar-refractivity contribution is 5.95. The number of nitrogens with one attached hydrogen (secondary N) is 1. The summed E-state index contributed by atoms with van der Waals surface area (Å²) in [5.41, 5.74) is 4.94. The Morgan fingerprint density at radius 1 is 0.722 bits per heavy atom. The Morgan fingerprint density at radius 2 is 1.49 bits per heavy atom. The Balaban J connectivity index is 0.597. The normalized spacial score (nSPS) is 19.5. The average molecular weight is 982 g/mol. The average Bonchev–Trinajstić information content (AvgIpc) is 3.84. The van der Waals surface area contributed by atoms with Crippen LogP contribution in [0.4, 0.5) is 4.39 Å². The van der Waals surface area contributed by atoms with Crippen LogP contribution in [0.15, 0.2) is 84.0 Å². The van der Waals surface area contributed by atoms with Crippen molar-refractivity contribution >= 4 is 34.4 Å². The van der Waals surface area contributed by atoms with Gasteiger partial charge in [-0.15, -0.1) is 0 Å². The predicted molar refractivity (Wildman–Crippen MR) is 268 cm³/mol. The van der Waals surface area contributed by atoms with Crippen LogP contribution in [0.2, 0.25) is 0 Å². The van der Waals surface area contributed by atoms with Gasteiger partial charge in [0.05, 0.1) is 35.5 Å². The van der Waals surface area contributed by atoms with E-state index in [0.717, 1.165) is 93.9 Å². The number of aromatic amines is 1. The number of benzene rings is 3. The molecule has 4 saturated heterocycles. The number of likely N-dealkylation sites (tertiary alicyclic amines) is 2. The van der Waals surface area contributed by atoms with Gasteiger partial charge in [-0.1, -0.05) is 36.4 Å². The summed E-state index contributed by atoms with van der Waals surface area (Å²) in [6, 6.07) is 19.7.